The minimum absolute atomic E-state index is 0.169. The van der Waals surface area contributed by atoms with Crippen LogP contribution in [-0.2, 0) is 0 Å². The smallest absolute Gasteiger partial charge is 0.227 e. The lowest BCUT2D eigenvalue weighted by molar-refractivity contribution is 1.18. The molecule has 9 aromatic rings. The third-order valence-corrected chi connectivity index (χ3v) is 10.2. The van der Waals surface area contributed by atoms with Crippen LogP contribution in [0.5, 0.6) is 0 Å². The predicted octanol–water partition coefficient (Wildman–Crippen LogP) is 12.1. The number of aliphatic imine (C=N–C) groups is 1. The minimum Gasteiger partial charge on any atom is -0.309 e. The van der Waals surface area contributed by atoms with Gasteiger partial charge in [-0.1, -0.05) is 133 Å². The first-order valence-corrected chi connectivity index (χ1v) is 17.6. The summed E-state index contributed by atoms with van der Waals surface area (Å²) in [5, 5.41) is 16.6. The van der Waals surface area contributed by atoms with Gasteiger partial charge in [0.2, 0.25) is 5.96 Å². The zero-order valence-electron chi connectivity index (χ0n) is 28.2. The molecule has 0 aliphatic heterocycles. The van der Waals surface area contributed by atoms with Gasteiger partial charge in [0.25, 0.3) is 0 Å². The molecule has 1 N–H and O–H groups in total. The highest BCUT2D eigenvalue weighted by Gasteiger charge is 2.20. The summed E-state index contributed by atoms with van der Waals surface area (Å²) in [5.41, 5.74) is 10.5. The monoisotopic (exact) mass is 664 g/mol. The van der Waals surface area contributed by atoms with Crippen molar-refractivity contribution < 1.29 is 0 Å². The summed E-state index contributed by atoms with van der Waals surface area (Å²) in [6.07, 6.45) is 10.2. The van der Waals surface area contributed by atoms with E-state index >= 15 is 0 Å². The van der Waals surface area contributed by atoms with Gasteiger partial charge in [-0.3, -0.25) is 9.98 Å². The molecule has 0 unspecified atom stereocenters. The Hall–Kier alpha value is -7.04. The predicted molar refractivity (Wildman–Crippen MR) is 220 cm³/mol. The first-order chi connectivity index (χ1) is 25.7. The zero-order valence-corrected chi connectivity index (χ0v) is 28.2. The molecule has 244 valence electrons. The van der Waals surface area contributed by atoms with Crippen LogP contribution in [0.1, 0.15) is 5.56 Å². The highest BCUT2D eigenvalue weighted by Crippen LogP contribution is 2.42. The topological polar surface area (TPSA) is 46.1 Å². The number of hydrogen-bond donors (Lipinski definition) is 1. The second kappa shape index (κ2) is 12.1. The number of allylic oxidation sites excluding steroid dienone is 5. The average Bonchev–Trinajstić information content (AvgIpc) is 3.72. The Labute approximate surface area is 300 Å². The van der Waals surface area contributed by atoms with Gasteiger partial charge in [-0.15, -0.1) is 0 Å². The van der Waals surface area contributed by atoms with Crippen molar-refractivity contribution >= 4 is 72.1 Å². The molecule has 4 heteroatoms. The lowest BCUT2D eigenvalue weighted by Gasteiger charge is -2.13. The molecule has 7 aromatic carbocycles. The standard InChI is InChI=1S/C48H32N4/c49-48(50-42-24-12-7-17-34(42)29-32-15-3-1-4-16-32)52-44-26-14-11-23-39(44)47-38-22-9-8-20-36(38)40(31-46(47)52)33-27-28-45-41(30-33)37-21-10-13-25-43(37)51(45)35-18-5-2-6-19-35/h1-31,49H/b34-29+,49-48?,50-42?. The molecule has 10 rings (SSSR count). The van der Waals surface area contributed by atoms with Crippen molar-refractivity contribution in [2.24, 2.45) is 4.99 Å². The highest BCUT2D eigenvalue weighted by molar-refractivity contribution is 6.27. The maximum Gasteiger partial charge on any atom is 0.227 e. The fourth-order valence-corrected chi connectivity index (χ4v) is 7.90. The summed E-state index contributed by atoms with van der Waals surface area (Å²) in [6.45, 7) is 0. The van der Waals surface area contributed by atoms with Gasteiger partial charge in [-0.25, -0.2) is 4.99 Å². The summed E-state index contributed by atoms with van der Waals surface area (Å²) in [6, 6.07) is 55.6. The van der Waals surface area contributed by atoms with Crippen LogP contribution in [0.25, 0.3) is 77.3 Å². The van der Waals surface area contributed by atoms with E-state index in [1.165, 1.54) is 27.2 Å². The Bertz CT molecular complexity index is 3010. The Kier molecular flexibility index (Phi) is 6.93. The van der Waals surface area contributed by atoms with Crippen LogP contribution in [0.2, 0.25) is 0 Å². The fraction of sp³-hybridized carbons (Fsp3) is 0. The number of benzene rings is 7. The minimum atomic E-state index is 0.169. The van der Waals surface area contributed by atoms with Crippen LogP contribution < -0.4 is 0 Å². The molecule has 0 fully saturated rings. The average molecular weight is 665 g/mol. The molecule has 1 aliphatic rings. The number of fused-ring (bicyclic) bond motifs is 8. The molecule has 2 heterocycles. The maximum absolute atomic E-state index is 9.57. The van der Waals surface area contributed by atoms with Crippen molar-refractivity contribution in [2.75, 3.05) is 0 Å². The third-order valence-electron chi connectivity index (χ3n) is 10.2. The van der Waals surface area contributed by atoms with Gasteiger partial charge in [0.05, 0.1) is 27.8 Å². The molecule has 0 saturated heterocycles. The van der Waals surface area contributed by atoms with Crippen LogP contribution >= 0.6 is 0 Å². The number of aromatic nitrogens is 2. The van der Waals surface area contributed by atoms with Crippen molar-refractivity contribution in [3.05, 3.63) is 193 Å². The van der Waals surface area contributed by atoms with E-state index in [4.69, 9.17) is 4.99 Å². The van der Waals surface area contributed by atoms with E-state index in [0.717, 1.165) is 60.9 Å². The number of nitrogens with one attached hydrogen (secondary N) is 1. The third kappa shape index (κ3) is 4.77. The Balaban J connectivity index is 1.21. The summed E-state index contributed by atoms with van der Waals surface area (Å²) in [4.78, 5) is 5.00. The van der Waals surface area contributed by atoms with Gasteiger partial charge in [0.1, 0.15) is 0 Å². The highest BCUT2D eigenvalue weighted by atomic mass is 15.1. The number of para-hydroxylation sites is 3. The van der Waals surface area contributed by atoms with Crippen LogP contribution in [0, 0.1) is 5.41 Å². The molecular weight excluding hydrogens is 633 g/mol. The van der Waals surface area contributed by atoms with Gasteiger partial charge in [-0.2, -0.15) is 0 Å². The van der Waals surface area contributed by atoms with Crippen LogP contribution in [0.3, 0.4) is 0 Å². The van der Waals surface area contributed by atoms with E-state index in [9.17, 15) is 5.41 Å². The molecule has 0 radical (unpaired) electrons. The van der Waals surface area contributed by atoms with Crippen molar-refractivity contribution in [1.82, 2.24) is 9.13 Å². The SMILES string of the molecule is N=C(N=C1C=CC=C/C1=C\c1ccccc1)n1c2ccccc2c2c3ccccc3c(-c3ccc4c(c3)c3ccccc3n4-c3ccccc3)cc21. The molecule has 0 spiro atoms. The molecule has 1 aliphatic carbocycles. The van der Waals surface area contributed by atoms with Gasteiger partial charge in [0, 0.05) is 32.8 Å². The quantitative estimate of drug-likeness (QED) is 0.144. The fourth-order valence-electron chi connectivity index (χ4n) is 7.90. The molecule has 0 amide bonds. The molecule has 52 heavy (non-hydrogen) atoms. The lowest BCUT2D eigenvalue weighted by atomic mass is 9.94. The van der Waals surface area contributed by atoms with Gasteiger partial charge in [-0.05, 0) is 82.1 Å². The van der Waals surface area contributed by atoms with Gasteiger partial charge >= 0.3 is 0 Å². The van der Waals surface area contributed by atoms with E-state index in [1.54, 1.807) is 0 Å². The largest absolute Gasteiger partial charge is 0.309 e. The molecule has 0 bridgehead atoms. The van der Waals surface area contributed by atoms with Crippen LogP contribution in [0.4, 0.5) is 0 Å². The molecule has 4 nitrogen and oxygen atoms in total. The molecule has 0 atom stereocenters. The van der Waals surface area contributed by atoms with Crippen molar-refractivity contribution in [3.8, 4) is 16.8 Å². The van der Waals surface area contributed by atoms with E-state index < -0.39 is 0 Å². The number of rotatable bonds is 3. The van der Waals surface area contributed by atoms with Crippen molar-refractivity contribution in [1.29, 1.82) is 5.41 Å². The molecule has 2 aromatic heterocycles. The number of nitrogens with zero attached hydrogens (tertiary/aromatic N) is 3. The Morgan fingerprint density at radius 3 is 1.96 bits per heavy atom. The molecule has 0 saturated carbocycles. The number of hydrogen-bond acceptors (Lipinski definition) is 1. The maximum atomic E-state index is 9.57. The first-order valence-electron chi connectivity index (χ1n) is 17.6. The summed E-state index contributed by atoms with van der Waals surface area (Å²) >= 11 is 0. The van der Waals surface area contributed by atoms with E-state index in [1.807, 2.05) is 47.1 Å². The summed E-state index contributed by atoms with van der Waals surface area (Å²) in [7, 11) is 0. The van der Waals surface area contributed by atoms with Crippen molar-refractivity contribution in [3.63, 3.8) is 0 Å². The van der Waals surface area contributed by atoms with E-state index in [-0.39, 0.29) is 5.96 Å². The second-order valence-corrected chi connectivity index (χ2v) is 13.2. The van der Waals surface area contributed by atoms with E-state index in [0.29, 0.717) is 0 Å². The second-order valence-electron chi connectivity index (χ2n) is 13.2. The normalized spacial score (nSPS) is 14.5. The Morgan fingerprint density at radius 2 is 1.15 bits per heavy atom. The lowest BCUT2D eigenvalue weighted by Crippen LogP contribution is -2.12. The Morgan fingerprint density at radius 1 is 0.519 bits per heavy atom. The van der Waals surface area contributed by atoms with Crippen LogP contribution in [-0.4, -0.2) is 20.8 Å². The van der Waals surface area contributed by atoms with Gasteiger partial charge in [0.15, 0.2) is 0 Å². The summed E-state index contributed by atoms with van der Waals surface area (Å²) < 4.78 is 4.36. The molecular formula is C48H32N4. The van der Waals surface area contributed by atoms with Crippen molar-refractivity contribution in [2.45, 2.75) is 0 Å². The van der Waals surface area contributed by atoms with Crippen LogP contribution in [0.15, 0.2) is 193 Å². The zero-order chi connectivity index (χ0) is 34.6. The van der Waals surface area contributed by atoms with Gasteiger partial charge < -0.3 is 4.57 Å². The van der Waals surface area contributed by atoms with E-state index in [2.05, 4.69) is 150 Å². The first kappa shape index (κ1) is 29.8. The summed E-state index contributed by atoms with van der Waals surface area (Å²) in [5.74, 6) is 0.169.